The van der Waals surface area contributed by atoms with Gasteiger partial charge in [0.05, 0.1) is 24.7 Å². The minimum Gasteiger partial charge on any atom is -0.497 e. The summed E-state index contributed by atoms with van der Waals surface area (Å²) in [5.41, 5.74) is 0.884. The summed E-state index contributed by atoms with van der Waals surface area (Å²) < 4.78 is 20.9. The van der Waals surface area contributed by atoms with Gasteiger partial charge in [0.25, 0.3) is 0 Å². The summed E-state index contributed by atoms with van der Waals surface area (Å²) in [7, 11) is 3.04. The quantitative estimate of drug-likeness (QED) is 0.633. The molecule has 0 aliphatic carbocycles. The maximum Gasteiger partial charge on any atom is 0.338 e. The molecule has 7 heteroatoms. The fourth-order valence-electron chi connectivity index (χ4n) is 2.03. The second-order valence-corrected chi connectivity index (χ2v) is 5.75. The molecule has 0 N–H and O–H groups in total. The molecule has 0 atom stereocenters. The van der Waals surface area contributed by atoms with Gasteiger partial charge in [0.2, 0.25) is 5.89 Å². The number of hydrogen-bond acceptors (Lipinski definition) is 7. The molecule has 0 unspecified atom stereocenters. The molecule has 2 aromatic heterocycles. The van der Waals surface area contributed by atoms with E-state index in [0.717, 1.165) is 4.88 Å². The number of esters is 1. The van der Waals surface area contributed by atoms with Crippen molar-refractivity contribution in [3.05, 3.63) is 53.2 Å². The fourth-order valence-corrected chi connectivity index (χ4v) is 2.69. The van der Waals surface area contributed by atoms with E-state index in [4.69, 9.17) is 18.6 Å². The van der Waals surface area contributed by atoms with E-state index in [2.05, 4.69) is 4.98 Å². The van der Waals surface area contributed by atoms with E-state index in [9.17, 15) is 4.79 Å². The minimum absolute atomic E-state index is 0.0211. The van der Waals surface area contributed by atoms with Gasteiger partial charge in [-0.05, 0) is 23.6 Å². The summed E-state index contributed by atoms with van der Waals surface area (Å²) in [6.07, 6.45) is 1.48. The number of nitrogens with zero attached hydrogens (tertiary/aromatic N) is 1. The molecule has 0 saturated heterocycles. The Morgan fingerprint density at radius 1 is 1.21 bits per heavy atom. The summed E-state index contributed by atoms with van der Waals surface area (Å²) in [5.74, 6) is 1.05. The van der Waals surface area contributed by atoms with E-state index in [0.29, 0.717) is 28.6 Å². The number of methoxy groups -OCH3 is 2. The van der Waals surface area contributed by atoms with Crippen LogP contribution < -0.4 is 9.47 Å². The van der Waals surface area contributed by atoms with Gasteiger partial charge in [-0.15, -0.1) is 11.3 Å². The molecule has 1 aromatic carbocycles. The Morgan fingerprint density at radius 3 is 2.58 bits per heavy atom. The zero-order valence-electron chi connectivity index (χ0n) is 13.1. The number of carbonyl (C=O) groups excluding carboxylic acids is 1. The lowest BCUT2D eigenvalue weighted by atomic mass is 10.2. The van der Waals surface area contributed by atoms with Crippen LogP contribution in [-0.4, -0.2) is 25.2 Å². The van der Waals surface area contributed by atoms with Gasteiger partial charge in [-0.1, -0.05) is 6.07 Å². The van der Waals surface area contributed by atoms with E-state index in [1.54, 1.807) is 18.2 Å². The van der Waals surface area contributed by atoms with Gasteiger partial charge in [0.15, 0.2) is 0 Å². The van der Waals surface area contributed by atoms with Crippen LogP contribution in [0.4, 0.5) is 0 Å². The lowest BCUT2D eigenvalue weighted by Gasteiger charge is -2.08. The van der Waals surface area contributed by atoms with Crippen LogP contribution in [0.15, 0.2) is 46.4 Å². The molecule has 24 heavy (non-hydrogen) atoms. The average molecular weight is 345 g/mol. The highest BCUT2D eigenvalue weighted by Gasteiger charge is 2.13. The minimum atomic E-state index is -0.493. The van der Waals surface area contributed by atoms with Crippen LogP contribution in [0.5, 0.6) is 11.5 Å². The highest BCUT2D eigenvalue weighted by Crippen LogP contribution is 2.25. The molecule has 6 nitrogen and oxygen atoms in total. The molecule has 3 rings (SSSR count). The second-order valence-electron chi connectivity index (χ2n) is 4.80. The van der Waals surface area contributed by atoms with Gasteiger partial charge >= 0.3 is 5.97 Å². The molecular formula is C17H15NO5S. The molecule has 0 radical (unpaired) electrons. The van der Waals surface area contributed by atoms with E-state index in [1.165, 1.54) is 31.8 Å². The molecule has 0 aliphatic rings. The molecule has 0 bridgehead atoms. The number of benzene rings is 1. The normalized spacial score (nSPS) is 10.4. The first-order valence-corrected chi connectivity index (χ1v) is 7.96. The van der Waals surface area contributed by atoms with Gasteiger partial charge in [0.1, 0.15) is 30.1 Å². The molecule has 3 aromatic rings. The number of ether oxygens (including phenoxy) is 3. The van der Waals surface area contributed by atoms with Crippen molar-refractivity contribution in [2.24, 2.45) is 0 Å². The van der Waals surface area contributed by atoms with Crippen LogP contribution >= 0.6 is 11.3 Å². The predicted molar refractivity (Wildman–Crippen MR) is 88.5 cm³/mol. The Morgan fingerprint density at radius 2 is 1.96 bits per heavy atom. The van der Waals surface area contributed by atoms with Gasteiger partial charge in [0, 0.05) is 6.07 Å². The third kappa shape index (κ3) is 3.57. The van der Waals surface area contributed by atoms with Crippen molar-refractivity contribution in [3.63, 3.8) is 0 Å². The number of hydrogen-bond donors (Lipinski definition) is 0. The maximum atomic E-state index is 12.2. The first-order valence-electron chi connectivity index (χ1n) is 7.08. The SMILES string of the molecule is COc1cc(OC)cc(C(=O)OCc2coc(-c3cccs3)n2)c1. The molecule has 0 fully saturated rings. The Balaban J connectivity index is 1.67. The summed E-state index contributed by atoms with van der Waals surface area (Å²) in [4.78, 5) is 17.4. The molecular weight excluding hydrogens is 330 g/mol. The van der Waals surface area contributed by atoms with Gasteiger partial charge < -0.3 is 18.6 Å². The van der Waals surface area contributed by atoms with Gasteiger partial charge in [-0.2, -0.15) is 0 Å². The van der Waals surface area contributed by atoms with Crippen molar-refractivity contribution in [2.45, 2.75) is 6.61 Å². The standard InChI is InChI=1S/C17H15NO5S/c1-20-13-6-11(7-14(8-13)21-2)17(19)23-10-12-9-22-16(18-12)15-4-3-5-24-15/h3-9H,10H2,1-2H3. The smallest absolute Gasteiger partial charge is 0.338 e. The van der Waals surface area contributed by atoms with Crippen molar-refractivity contribution >= 4 is 17.3 Å². The van der Waals surface area contributed by atoms with E-state index >= 15 is 0 Å². The third-order valence-electron chi connectivity index (χ3n) is 3.22. The Bertz CT molecular complexity index is 803. The highest BCUT2D eigenvalue weighted by atomic mass is 32.1. The Labute approximate surface area is 142 Å². The number of carbonyl (C=O) groups is 1. The van der Waals surface area contributed by atoms with Crippen molar-refractivity contribution in [1.82, 2.24) is 4.98 Å². The van der Waals surface area contributed by atoms with Crippen LogP contribution in [0.3, 0.4) is 0 Å². The Hall–Kier alpha value is -2.80. The summed E-state index contributed by atoms with van der Waals surface area (Å²) in [6, 6.07) is 8.69. The van der Waals surface area contributed by atoms with Crippen LogP contribution in [0, 0.1) is 0 Å². The van der Waals surface area contributed by atoms with E-state index in [1.807, 2.05) is 17.5 Å². The molecule has 0 spiro atoms. The van der Waals surface area contributed by atoms with Gasteiger partial charge in [-0.25, -0.2) is 9.78 Å². The van der Waals surface area contributed by atoms with E-state index in [-0.39, 0.29) is 6.61 Å². The number of thiophene rings is 1. The summed E-state index contributed by atoms with van der Waals surface area (Å²) in [5, 5.41) is 1.94. The van der Waals surface area contributed by atoms with Crippen LogP contribution in [-0.2, 0) is 11.3 Å². The monoisotopic (exact) mass is 345 g/mol. The van der Waals surface area contributed by atoms with E-state index < -0.39 is 5.97 Å². The maximum absolute atomic E-state index is 12.2. The van der Waals surface area contributed by atoms with Crippen molar-refractivity contribution < 1.29 is 23.4 Å². The molecule has 124 valence electrons. The Kier molecular flexibility index (Phi) is 4.81. The number of oxazole rings is 1. The number of aromatic nitrogens is 1. The van der Waals surface area contributed by atoms with Crippen molar-refractivity contribution in [3.8, 4) is 22.3 Å². The first-order chi connectivity index (χ1) is 11.7. The average Bonchev–Trinajstić information content (AvgIpc) is 3.30. The highest BCUT2D eigenvalue weighted by molar-refractivity contribution is 7.13. The molecule has 0 saturated carbocycles. The number of rotatable bonds is 6. The van der Waals surface area contributed by atoms with Crippen LogP contribution in [0.1, 0.15) is 16.1 Å². The largest absolute Gasteiger partial charge is 0.497 e. The zero-order chi connectivity index (χ0) is 16.9. The molecule has 0 aliphatic heterocycles. The zero-order valence-corrected chi connectivity index (χ0v) is 14.0. The molecule has 2 heterocycles. The summed E-state index contributed by atoms with van der Waals surface area (Å²) >= 11 is 1.53. The fraction of sp³-hybridized carbons (Fsp3) is 0.176. The third-order valence-corrected chi connectivity index (χ3v) is 4.08. The predicted octanol–water partition coefficient (Wildman–Crippen LogP) is 3.78. The van der Waals surface area contributed by atoms with Crippen LogP contribution in [0.2, 0.25) is 0 Å². The van der Waals surface area contributed by atoms with Crippen LogP contribution in [0.25, 0.3) is 10.8 Å². The summed E-state index contributed by atoms with van der Waals surface area (Å²) in [6.45, 7) is 0.0211. The molecule has 0 amide bonds. The second kappa shape index (κ2) is 7.18. The van der Waals surface area contributed by atoms with Gasteiger partial charge in [-0.3, -0.25) is 0 Å². The van der Waals surface area contributed by atoms with Crippen molar-refractivity contribution in [1.29, 1.82) is 0 Å². The topological polar surface area (TPSA) is 70.8 Å². The van der Waals surface area contributed by atoms with Crippen molar-refractivity contribution in [2.75, 3.05) is 14.2 Å². The first kappa shape index (κ1) is 16.1. The lowest BCUT2D eigenvalue weighted by molar-refractivity contribution is 0.0467. The lowest BCUT2D eigenvalue weighted by Crippen LogP contribution is -2.06.